The number of alkyl halides is 3. The molecule has 0 saturated heterocycles. The quantitative estimate of drug-likeness (QED) is 0.433. The van der Waals surface area contributed by atoms with Gasteiger partial charge in [0, 0.05) is 22.8 Å². The lowest BCUT2D eigenvalue weighted by atomic mass is 9.95. The van der Waals surface area contributed by atoms with Crippen LogP contribution in [0.5, 0.6) is 11.5 Å². The van der Waals surface area contributed by atoms with Crippen LogP contribution in [0.4, 0.5) is 13.2 Å². The highest BCUT2D eigenvalue weighted by atomic mass is 19.4. The molecule has 1 heterocycles. The van der Waals surface area contributed by atoms with Crippen LogP contribution in [0.25, 0.3) is 16.6 Å². The molecule has 4 aromatic rings. The zero-order valence-electron chi connectivity index (χ0n) is 17.8. The van der Waals surface area contributed by atoms with Crippen LogP contribution in [0.2, 0.25) is 0 Å². The van der Waals surface area contributed by atoms with Gasteiger partial charge in [-0.2, -0.15) is 18.4 Å². The maximum absolute atomic E-state index is 13.2. The number of halogens is 3. The first kappa shape index (κ1) is 22.9. The van der Waals surface area contributed by atoms with Crippen LogP contribution < -0.4 is 10.5 Å². The summed E-state index contributed by atoms with van der Waals surface area (Å²) in [5, 5.41) is 20.2. The van der Waals surface area contributed by atoms with Crippen LogP contribution in [-0.4, -0.2) is 15.6 Å². The molecule has 0 fully saturated rings. The molecular formula is C25H18F3N3O3. The smallest absolute Gasteiger partial charge is 0.417 e. The Hall–Kier alpha value is -4.29. The first-order valence-corrected chi connectivity index (χ1v) is 10.0. The molecule has 3 N–H and O–H groups in total. The van der Waals surface area contributed by atoms with Gasteiger partial charge in [0.15, 0.2) is 5.60 Å². The molecule has 172 valence electrons. The Bertz CT molecular complexity index is 1430. The zero-order chi connectivity index (χ0) is 24.7. The number of carbonyl (C=O) groups is 1. The molecule has 0 aliphatic rings. The number of nitrogens with zero attached hydrogens (tertiary/aromatic N) is 2. The fraction of sp³-hybridized carbons (Fsp3) is 0.120. The van der Waals surface area contributed by atoms with Gasteiger partial charge in [0.2, 0.25) is 0 Å². The number of hydrogen-bond acceptors (Lipinski definition) is 4. The van der Waals surface area contributed by atoms with Crippen molar-refractivity contribution in [3.63, 3.8) is 0 Å². The van der Waals surface area contributed by atoms with Crippen molar-refractivity contribution in [1.29, 1.82) is 5.26 Å². The van der Waals surface area contributed by atoms with Gasteiger partial charge in [0.25, 0.3) is 5.91 Å². The van der Waals surface area contributed by atoms with Crippen molar-refractivity contribution in [2.75, 3.05) is 0 Å². The summed E-state index contributed by atoms with van der Waals surface area (Å²) in [5.74, 6) is -0.674. The van der Waals surface area contributed by atoms with Gasteiger partial charge < -0.3 is 20.1 Å². The first-order valence-electron chi connectivity index (χ1n) is 10.0. The van der Waals surface area contributed by atoms with E-state index < -0.39 is 28.8 Å². The second kappa shape index (κ2) is 8.24. The topological polar surface area (TPSA) is 101 Å². The number of nitriles is 1. The zero-order valence-corrected chi connectivity index (χ0v) is 17.8. The Labute approximate surface area is 192 Å². The maximum Gasteiger partial charge on any atom is 0.417 e. The van der Waals surface area contributed by atoms with Gasteiger partial charge in [-0.1, -0.05) is 18.2 Å². The van der Waals surface area contributed by atoms with Gasteiger partial charge in [0.1, 0.15) is 11.5 Å². The van der Waals surface area contributed by atoms with Crippen molar-refractivity contribution in [2.24, 2.45) is 5.73 Å². The fourth-order valence-corrected chi connectivity index (χ4v) is 3.64. The molecule has 3 aromatic carbocycles. The first-order chi connectivity index (χ1) is 16.0. The van der Waals surface area contributed by atoms with Crippen molar-refractivity contribution in [3.8, 4) is 23.3 Å². The fourth-order valence-electron chi connectivity index (χ4n) is 3.64. The lowest BCUT2D eigenvalue weighted by Crippen LogP contribution is -2.38. The van der Waals surface area contributed by atoms with Crippen LogP contribution in [0.1, 0.15) is 23.6 Å². The Morgan fingerprint density at radius 3 is 2.29 bits per heavy atom. The molecule has 0 bridgehead atoms. The highest BCUT2D eigenvalue weighted by Gasteiger charge is 2.35. The Morgan fingerprint density at radius 2 is 1.68 bits per heavy atom. The summed E-state index contributed by atoms with van der Waals surface area (Å²) in [7, 11) is 0. The standard InChI is InChI=1S/C25H18F3N3O3/c1-24(33,23(30)32)21-14-31(22-5-3-2-4-19(21)22)16-7-10-17(11-8-16)34-18-9-6-15(13-29)20(12-18)25(26,27)28/h2-12,14,33H,1H3,(H2,30,32). The molecule has 1 aromatic heterocycles. The molecule has 9 heteroatoms. The van der Waals surface area contributed by atoms with Crippen LogP contribution in [0.3, 0.4) is 0 Å². The number of amides is 1. The van der Waals surface area contributed by atoms with E-state index >= 15 is 0 Å². The van der Waals surface area contributed by atoms with Crippen LogP contribution >= 0.6 is 0 Å². The van der Waals surface area contributed by atoms with E-state index in [0.29, 0.717) is 16.6 Å². The summed E-state index contributed by atoms with van der Waals surface area (Å²) < 4.78 is 46.9. The third-order valence-corrected chi connectivity index (χ3v) is 5.48. The lowest BCUT2D eigenvalue weighted by Gasteiger charge is -2.18. The highest BCUT2D eigenvalue weighted by Crippen LogP contribution is 2.36. The van der Waals surface area contributed by atoms with Crippen molar-refractivity contribution in [3.05, 3.63) is 89.6 Å². The van der Waals surface area contributed by atoms with Crippen LogP contribution in [0, 0.1) is 11.3 Å². The number of primary amides is 1. The van der Waals surface area contributed by atoms with Gasteiger partial charge in [-0.15, -0.1) is 0 Å². The second-order valence-electron chi connectivity index (χ2n) is 7.78. The molecule has 1 amide bonds. The maximum atomic E-state index is 13.2. The number of hydrogen-bond donors (Lipinski definition) is 2. The SMILES string of the molecule is CC(O)(C(N)=O)c1cn(-c2ccc(Oc3ccc(C#N)c(C(F)(F)F)c3)cc2)c2ccccc12. The van der Waals surface area contributed by atoms with Crippen molar-refractivity contribution < 1.29 is 27.8 Å². The van der Waals surface area contributed by atoms with Gasteiger partial charge in [-0.25, -0.2) is 0 Å². The molecular weight excluding hydrogens is 447 g/mol. The van der Waals surface area contributed by atoms with Crippen LogP contribution in [0.15, 0.2) is 72.9 Å². The molecule has 1 atom stereocenters. The van der Waals surface area contributed by atoms with E-state index in [9.17, 15) is 23.1 Å². The average molecular weight is 465 g/mol. The molecule has 1 unspecified atom stereocenters. The summed E-state index contributed by atoms with van der Waals surface area (Å²) in [6.45, 7) is 1.32. The number of nitrogens with two attached hydrogens (primary N) is 1. The van der Waals surface area contributed by atoms with Crippen molar-refractivity contribution in [1.82, 2.24) is 4.57 Å². The Morgan fingerprint density at radius 1 is 1.03 bits per heavy atom. The molecule has 0 radical (unpaired) electrons. The van der Waals surface area contributed by atoms with E-state index in [-0.39, 0.29) is 11.5 Å². The van der Waals surface area contributed by atoms with E-state index in [0.717, 1.165) is 17.6 Å². The lowest BCUT2D eigenvalue weighted by molar-refractivity contribution is -0.138. The van der Waals surface area contributed by atoms with E-state index in [2.05, 4.69) is 0 Å². The van der Waals surface area contributed by atoms with Gasteiger partial charge in [0.05, 0.1) is 22.7 Å². The summed E-state index contributed by atoms with van der Waals surface area (Å²) in [5.41, 5.74) is 3.65. The van der Waals surface area contributed by atoms with Gasteiger partial charge in [-0.05, 0) is 55.5 Å². The minimum absolute atomic E-state index is 0.0646. The molecule has 4 rings (SSSR count). The Kier molecular flexibility index (Phi) is 5.55. The normalized spacial score (nSPS) is 13.3. The third kappa shape index (κ3) is 4.07. The van der Waals surface area contributed by atoms with Crippen LogP contribution in [-0.2, 0) is 16.6 Å². The molecule has 6 nitrogen and oxygen atoms in total. The minimum Gasteiger partial charge on any atom is -0.457 e. The van der Waals surface area contributed by atoms with E-state index in [1.54, 1.807) is 47.2 Å². The summed E-state index contributed by atoms with van der Waals surface area (Å²) in [6.07, 6.45) is -3.07. The number of carbonyl (C=O) groups excluding carboxylic acids is 1. The number of fused-ring (bicyclic) bond motifs is 1. The molecule has 34 heavy (non-hydrogen) atoms. The van der Waals surface area contributed by atoms with Gasteiger partial charge in [-0.3, -0.25) is 4.79 Å². The molecule has 0 saturated carbocycles. The van der Waals surface area contributed by atoms with E-state index in [1.807, 2.05) is 12.1 Å². The number of benzene rings is 3. The van der Waals surface area contributed by atoms with Gasteiger partial charge >= 0.3 is 6.18 Å². The summed E-state index contributed by atoms with van der Waals surface area (Å²) in [4.78, 5) is 11.8. The minimum atomic E-state index is -4.69. The summed E-state index contributed by atoms with van der Waals surface area (Å²) in [6, 6.07) is 18.3. The molecule has 0 aliphatic carbocycles. The number of rotatable bonds is 5. The number of ether oxygens (including phenoxy) is 1. The average Bonchev–Trinajstić information content (AvgIpc) is 3.19. The largest absolute Gasteiger partial charge is 0.457 e. The van der Waals surface area contributed by atoms with Crippen molar-refractivity contribution in [2.45, 2.75) is 18.7 Å². The third-order valence-electron chi connectivity index (χ3n) is 5.48. The van der Waals surface area contributed by atoms with E-state index in [1.165, 1.54) is 19.1 Å². The number of aliphatic hydroxyl groups is 1. The molecule has 0 spiro atoms. The summed E-state index contributed by atoms with van der Waals surface area (Å²) >= 11 is 0. The second-order valence-corrected chi connectivity index (χ2v) is 7.78. The predicted octanol–water partition coefficient (Wildman–Crippen LogP) is 5.01. The van der Waals surface area contributed by atoms with Crippen molar-refractivity contribution >= 4 is 16.8 Å². The monoisotopic (exact) mass is 465 g/mol. The number of aromatic nitrogens is 1. The Balaban J connectivity index is 1.69. The number of para-hydroxylation sites is 1. The van der Waals surface area contributed by atoms with E-state index in [4.69, 9.17) is 15.7 Å². The predicted molar refractivity (Wildman–Crippen MR) is 118 cm³/mol. The molecule has 0 aliphatic heterocycles. The highest BCUT2D eigenvalue weighted by molar-refractivity contribution is 5.94.